The number of fused-ring (bicyclic) bond motifs is 3. The zero-order valence-corrected chi connectivity index (χ0v) is 38.7. The van der Waals surface area contributed by atoms with Gasteiger partial charge in [0.1, 0.15) is 32.6 Å². The molecule has 0 radical (unpaired) electrons. The molecule has 0 unspecified atom stereocenters. The van der Waals surface area contributed by atoms with Gasteiger partial charge in [0.15, 0.2) is 0 Å². The van der Waals surface area contributed by atoms with Gasteiger partial charge in [0.05, 0.1) is 17.7 Å². The molecule has 1 saturated heterocycles. The third-order valence-electron chi connectivity index (χ3n) is 13.4. The summed E-state index contributed by atoms with van der Waals surface area (Å²) in [6.07, 6.45) is 6.83. The van der Waals surface area contributed by atoms with E-state index < -0.39 is 52.4 Å². The molecule has 0 saturated carbocycles. The number of carbonyl (C=O) groups is 1. The molecule has 8 heteroatoms. The lowest BCUT2D eigenvalue weighted by Gasteiger charge is -2.46. The first-order valence-electron chi connectivity index (χ1n) is 21.0. The van der Waals surface area contributed by atoms with Crippen LogP contribution in [0.3, 0.4) is 0 Å². The molecule has 3 aromatic carbocycles. The van der Waals surface area contributed by atoms with E-state index in [1.54, 1.807) is 11.0 Å². The van der Waals surface area contributed by atoms with E-state index in [1.807, 2.05) is 72.8 Å². The van der Waals surface area contributed by atoms with E-state index >= 15 is 0 Å². The maximum Gasteiger partial charge on any atom is 0.415 e. The zero-order valence-electron chi connectivity index (χ0n) is 36.7. The van der Waals surface area contributed by atoms with Crippen molar-refractivity contribution in [1.82, 2.24) is 0 Å². The predicted octanol–water partition coefficient (Wildman–Crippen LogP) is 12.1. The van der Waals surface area contributed by atoms with Crippen LogP contribution >= 0.6 is 0 Å². The molecule has 0 bridgehead atoms. The average molecular weight is 814 g/mol. The molecule has 0 N–H and O–H groups in total. The lowest BCUT2D eigenvalue weighted by molar-refractivity contribution is -0.153. The molecule has 2 aliphatic heterocycles. The Kier molecular flexibility index (Phi) is 12.2. The number of hydrogen-bond acceptors (Lipinski definition) is 5. The van der Waals surface area contributed by atoms with Gasteiger partial charge in [0, 0.05) is 22.6 Å². The van der Waals surface area contributed by atoms with E-state index in [0.29, 0.717) is 22.3 Å². The molecule has 1 fully saturated rings. The molecule has 2 heterocycles. The van der Waals surface area contributed by atoms with Gasteiger partial charge < -0.3 is 18.6 Å². The molecular formula is C50H63NO5Si2. The van der Waals surface area contributed by atoms with Gasteiger partial charge in [-0.1, -0.05) is 154 Å². The lowest BCUT2D eigenvalue weighted by Crippen LogP contribution is -2.52. The van der Waals surface area contributed by atoms with Gasteiger partial charge in [-0.15, -0.1) is 12.0 Å². The van der Waals surface area contributed by atoms with E-state index in [2.05, 4.69) is 112 Å². The third-order valence-corrected chi connectivity index (χ3v) is 24.1. The summed E-state index contributed by atoms with van der Waals surface area (Å²) >= 11 is 0. The van der Waals surface area contributed by atoms with Crippen molar-refractivity contribution in [3.8, 4) is 29.6 Å². The van der Waals surface area contributed by atoms with Crippen LogP contribution in [0.1, 0.15) is 85.9 Å². The number of rotatable bonds is 9. The zero-order chi connectivity index (χ0) is 42.4. The summed E-state index contributed by atoms with van der Waals surface area (Å²) in [6, 6.07) is 25.6. The van der Waals surface area contributed by atoms with Crippen LogP contribution in [0.5, 0.6) is 5.75 Å². The number of nitrogens with zero attached hydrogens (tertiary/aromatic N) is 1. The fraction of sp³-hybridized carbons (Fsp3) is 0.460. The highest BCUT2D eigenvalue weighted by Crippen LogP contribution is 2.57. The van der Waals surface area contributed by atoms with Gasteiger partial charge in [-0.2, -0.15) is 0 Å². The highest BCUT2D eigenvalue weighted by atomic mass is 28.4. The third kappa shape index (κ3) is 7.32. The molecular weight excluding hydrogens is 751 g/mol. The average Bonchev–Trinajstić information content (AvgIpc) is 3.59. The van der Waals surface area contributed by atoms with Crippen molar-refractivity contribution < 1.29 is 23.4 Å². The molecule has 5 atom stereocenters. The fourth-order valence-electron chi connectivity index (χ4n) is 9.51. The van der Waals surface area contributed by atoms with Gasteiger partial charge in [-0.3, -0.25) is 4.90 Å². The van der Waals surface area contributed by atoms with Crippen LogP contribution in [-0.4, -0.2) is 47.3 Å². The minimum atomic E-state index is -2.28. The Hall–Kier alpha value is -4.32. The van der Waals surface area contributed by atoms with Crippen molar-refractivity contribution >= 4 is 33.7 Å². The minimum Gasteiger partial charge on any atom is -0.543 e. The Morgan fingerprint density at radius 2 is 1.47 bits per heavy atom. The van der Waals surface area contributed by atoms with Crippen LogP contribution in [-0.2, 0) is 20.0 Å². The molecule has 1 amide bonds. The standard InChI is InChI=1S/C50H63NO5Si2/c1-15-30-53-48(52)51-42-28-27-39(56-57(13,14)49(10,11)12)32-41(42)45-40(16-2)47-46(36(9)44(45)43(51)29-31-58(33(3)4,34(5)6)35(7)8)54-50(55-47,37-23-19-17-20-24-37)38-25-21-18-22-26-38/h2,15,17-28,32-36,40,43,46-47H,1,30H2,3-14H3/t36-,40+,43+,46+,47-/m1/s1. The van der Waals surface area contributed by atoms with E-state index in [-0.39, 0.29) is 17.6 Å². The second-order valence-corrected chi connectivity index (χ2v) is 29.0. The summed E-state index contributed by atoms with van der Waals surface area (Å²) < 4.78 is 27.5. The summed E-state index contributed by atoms with van der Waals surface area (Å²) in [5, 5.41) is -0.0324. The molecule has 0 spiro atoms. The largest absolute Gasteiger partial charge is 0.543 e. The normalized spacial score (nSPS) is 22.7. The quantitative estimate of drug-likeness (QED) is 0.122. The SMILES string of the molecule is C#C[C@H]1C2=C([C@@H](C)[C@@H]3OC(c4ccccc4)(c4ccccc4)O[C@@H]31)[C@H](C#C[Si](C(C)C)(C(C)C)C(C)C)N(C(=O)OCC=C)c1ccc(O[Si](C)(C)C(C)(C)C)cc12. The number of benzene rings is 3. The first-order valence-corrected chi connectivity index (χ1v) is 26.1. The Morgan fingerprint density at radius 1 is 0.914 bits per heavy atom. The Morgan fingerprint density at radius 3 is 1.97 bits per heavy atom. The topological polar surface area (TPSA) is 57.2 Å². The van der Waals surface area contributed by atoms with Crippen LogP contribution in [0.4, 0.5) is 10.5 Å². The van der Waals surface area contributed by atoms with Gasteiger partial charge in [-0.25, -0.2) is 4.79 Å². The molecule has 1 aliphatic carbocycles. The van der Waals surface area contributed by atoms with E-state index in [0.717, 1.165) is 33.6 Å². The first-order chi connectivity index (χ1) is 27.4. The highest BCUT2D eigenvalue weighted by molar-refractivity contribution is 6.90. The number of amides is 1. The van der Waals surface area contributed by atoms with Crippen molar-refractivity contribution in [2.24, 2.45) is 11.8 Å². The lowest BCUT2D eigenvalue weighted by atomic mass is 9.67. The molecule has 0 aromatic heterocycles. The monoisotopic (exact) mass is 813 g/mol. The summed E-state index contributed by atoms with van der Waals surface area (Å²) in [5.74, 6) is 5.76. The number of hydrogen-bond donors (Lipinski definition) is 0. The maximum absolute atomic E-state index is 14.6. The Labute approximate surface area is 350 Å². The molecule has 306 valence electrons. The van der Waals surface area contributed by atoms with Crippen molar-refractivity contribution in [2.75, 3.05) is 11.5 Å². The van der Waals surface area contributed by atoms with Crippen LogP contribution in [0.15, 0.2) is 97.1 Å². The van der Waals surface area contributed by atoms with Gasteiger partial charge >= 0.3 is 6.09 Å². The fourth-order valence-corrected chi connectivity index (χ4v) is 15.8. The summed E-state index contributed by atoms with van der Waals surface area (Å²) in [6.45, 7) is 31.1. The van der Waals surface area contributed by atoms with Crippen molar-refractivity contribution in [2.45, 2.75) is 128 Å². The smallest absolute Gasteiger partial charge is 0.415 e. The maximum atomic E-state index is 14.6. The number of terminal acetylenes is 1. The minimum absolute atomic E-state index is 0.0324. The van der Waals surface area contributed by atoms with E-state index in [1.165, 1.54) is 0 Å². The summed E-state index contributed by atoms with van der Waals surface area (Å²) in [5.41, 5.74) is 10.3. The van der Waals surface area contributed by atoms with Crippen LogP contribution in [0.25, 0.3) is 5.57 Å². The predicted molar refractivity (Wildman–Crippen MR) is 243 cm³/mol. The first kappa shape index (κ1) is 43.3. The van der Waals surface area contributed by atoms with Crippen LogP contribution in [0, 0.1) is 35.6 Å². The van der Waals surface area contributed by atoms with Crippen LogP contribution < -0.4 is 9.33 Å². The summed E-state index contributed by atoms with van der Waals surface area (Å²) in [7, 11) is -4.54. The number of carbonyl (C=O) groups excluding carboxylic acids is 1. The summed E-state index contributed by atoms with van der Waals surface area (Å²) in [4.78, 5) is 16.3. The van der Waals surface area contributed by atoms with Gasteiger partial charge in [0.25, 0.3) is 0 Å². The molecule has 58 heavy (non-hydrogen) atoms. The highest BCUT2D eigenvalue weighted by Gasteiger charge is 2.60. The van der Waals surface area contributed by atoms with E-state index in [9.17, 15) is 4.79 Å². The Balaban J connectivity index is 1.65. The molecule has 3 aromatic rings. The number of anilines is 1. The van der Waals surface area contributed by atoms with Crippen molar-refractivity contribution in [3.05, 3.63) is 114 Å². The van der Waals surface area contributed by atoms with Crippen molar-refractivity contribution in [3.63, 3.8) is 0 Å². The van der Waals surface area contributed by atoms with Gasteiger partial charge in [-0.05, 0) is 64.1 Å². The second kappa shape index (κ2) is 16.4. The van der Waals surface area contributed by atoms with E-state index in [4.69, 9.17) is 25.1 Å². The second-order valence-electron chi connectivity index (χ2n) is 18.7. The van der Waals surface area contributed by atoms with Crippen LogP contribution in [0.2, 0.25) is 34.8 Å². The molecule has 3 aliphatic rings. The van der Waals surface area contributed by atoms with Gasteiger partial charge in [0.2, 0.25) is 14.1 Å². The molecule has 6 nitrogen and oxygen atoms in total. The van der Waals surface area contributed by atoms with Crippen molar-refractivity contribution in [1.29, 1.82) is 0 Å². The Bertz CT molecular complexity index is 2070. The molecule has 6 rings (SSSR count). The number of ether oxygens (including phenoxy) is 3.